The summed E-state index contributed by atoms with van der Waals surface area (Å²) < 4.78 is 4.91. The van der Waals surface area contributed by atoms with Crippen molar-refractivity contribution >= 4 is 11.9 Å². The molecular formula is C16H15N3O4. The molecule has 1 aromatic carbocycles. The molecule has 0 saturated heterocycles. The van der Waals surface area contributed by atoms with Crippen LogP contribution in [0.15, 0.2) is 36.4 Å². The maximum Gasteiger partial charge on any atom is 0.312 e. The number of carbonyl (C=O) groups excluding carboxylic acids is 1. The summed E-state index contributed by atoms with van der Waals surface area (Å²) in [5.41, 5.74) is 1.75. The number of rotatable bonds is 3. The van der Waals surface area contributed by atoms with E-state index < -0.39 is 11.9 Å². The van der Waals surface area contributed by atoms with Crippen LogP contribution in [0, 0.1) is 0 Å². The predicted molar refractivity (Wildman–Crippen MR) is 80.1 cm³/mol. The van der Waals surface area contributed by atoms with Crippen molar-refractivity contribution in [3.05, 3.63) is 53.2 Å². The van der Waals surface area contributed by atoms with Crippen LogP contribution in [0.4, 0.5) is 0 Å². The molecule has 1 aromatic heterocycles. The number of amides is 1. The molecule has 0 radical (unpaired) electrons. The molecule has 1 atom stereocenters. The summed E-state index contributed by atoms with van der Waals surface area (Å²) in [6.45, 7) is 0.464. The first-order valence-electron chi connectivity index (χ1n) is 7.07. The van der Waals surface area contributed by atoms with Crippen molar-refractivity contribution < 1.29 is 19.4 Å². The average Bonchev–Trinajstić information content (AvgIpc) is 2.60. The van der Waals surface area contributed by atoms with Crippen molar-refractivity contribution in [2.45, 2.75) is 12.5 Å². The van der Waals surface area contributed by atoms with E-state index in [9.17, 15) is 14.7 Å². The molecule has 0 spiro atoms. The minimum Gasteiger partial charge on any atom is -0.481 e. The van der Waals surface area contributed by atoms with Gasteiger partial charge in [0.1, 0.15) is 0 Å². The lowest BCUT2D eigenvalue weighted by Gasteiger charge is -2.32. The van der Waals surface area contributed by atoms with Gasteiger partial charge in [0.15, 0.2) is 5.69 Å². The van der Waals surface area contributed by atoms with Crippen molar-refractivity contribution in [1.82, 2.24) is 15.1 Å². The van der Waals surface area contributed by atoms with Crippen LogP contribution in [0.2, 0.25) is 0 Å². The summed E-state index contributed by atoms with van der Waals surface area (Å²) in [6.07, 6.45) is 0. The number of fused-ring (bicyclic) bond motifs is 1. The van der Waals surface area contributed by atoms with E-state index in [1.165, 1.54) is 18.1 Å². The Labute approximate surface area is 132 Å². The number of carboxylic acids is 1. The highest BCUT2D eigenvalue weighted by Gasteiger charge is 2.33. The molecule has 118 valence electrons. The molecule has 1 aliphatic heterocycles. The van der Waals surface area contributed by atoms with Crippen LogP contribution in [0.1, 0.15) is 27.5 Å². The van der Waals surface area contributed by atoms with Gasteiger partial charge in [0.05, 0.1) is 13.0 Å². The van der Waals surface area contributed by atoms with Gasteiger partial charge in [0.2, 0.25) is 5.88 Å². The van der Waals surface area contributed by atoms with E-state index in [-0.39, 0.29) is 18.1 Å². The van der Waals surface area contributed by atoms with E-state index >= 15 is 0 Å². The van der Waals surface area contributed by atoms with Gasteiger partial charge in [-0.1, -0.05) is 24.3 Å². The fraction of sp³-hybridized carbons (Fsp3) is 0.250. The lowest BCUT2D eigenvalue weighted by Crippen LogP contribution is -2.41. The Bertz CT molecular complexity index is 745. The van der Waals surface area contributed by atoms with E-state index in [0.717, 1.165) is 11.1 Å². The average molecular weight is 313 g/mol. The van der Waals surface area contributed by atoms with Crippen molar-refractivity contribution in [3.63, 3.8) is 0 Å². The van der Waals surface area contributed by atoms with Crippen molar-refractivity contribution in [3.8, 4) is 5.88 Å². The van der Waals surface area contributed by atoms with Gasteiger partial charge in [-0.05, 0) is 17.2 Å². The Balaban J connectivity index is 1.88. The third-order valence-corrected chi connectivity index (χ3v) is 3.85. The fourth-order valence-corrected chi connectivity index (χ4v) is 2.68. The third kappa shape index (κ3) is 2.85. The second-order valence-corrected chi connectivity index (χ2v) is 5.24. The van der Waals surface area contributed by atoms with Crippen molar-refractivity contribution in [2.75, 3.05) is 13.7 Å². The Morgan fingerprint density at radius 1 is 1.22 bits per heavy atom. The largest absolute Gasteiger partial charge is 0.481 e. The van der Waals surface area contributed by atoms with Gasteiger partial charge in [-0.25, -0.2) is 0 Å². The maximum atomic E-state index is 12.6. The molecule has 1 N–H and O–H groups in total. The predicted octanol–water partition coefficient (Wildman–Crippen LogP) is 1.31. The molecule has 1 unspecified atom stereocenters. The molecule has 0 saturated carbocycles. The Morgan fingerprint density at radius 3 is 2.65 bits per heavy atom. The van der Waals surface area contributed by atoms with Gasteiger partial charge in [0, 0.05) is 19.2 Å². The first-order chi connectivity index (χ1) is 11.1. The van der Waals surface area contributed by atoms with Crippen LogP contribution in [-0.4, -0.2) is 45.7 Å². The maximum absolute atomic E-state index is 12.6. The lowest BCUT2D eigenvalue weighted by atomic mass is 9.89. The monoisotopic (exact) mass is 313 g/mol. The molecule has 2 aromatic rings. The highest BCUT2D eigenvalue weighted by molar-refractivity contribution is 5.93. The second-order valence-electron chi connectivity index (χ2n) is 5.24. The number of hydrogen-bond acceptors (Lipinski definition) is 5. The van der Waals surface area contributed by atoms with Gasteiger partial charge < -0.3 is 14.7 Å². The summed E-state index contributed by atoms with van der Waals surface area (Å²) in [4.78, 5) is 25.6. The van der Waals surface area contributed by atoms with Gasteiger partial charge in [0.25, 0.3) is 5.91 Å². The minimum atomic E-state index is -0.948. The highest BCUT2D eigenvalue weighted by Crippen LogP contribution is 2.29. The molecule has 3 rings (SSSR count). The molecule has 0 fully saturated rings. The number of benzene rings is 1. The molecule has 1 aliphatic rings. The number of hydrogen-bond donors (Lipinski definition) is 1. The summed E-state index contributed by atoms with van der Waals surface area (Å²) in [6, 6.07) is 10.3. The first kappa shape index (κ1) is 15.0. The Kier molecular flexibility index (Phi) is 3.92. The van der Waals surface area contributed by atoms with E-state index in [1.807, 2.05) is 12.1 Å². The summed E-state index contributed by atoms with van der Waals surface area (Å²) in [5, 5.41) is 17.1. The van der Waals surface area contributed by atoms with Crippen LogP contribution in [-0.2, 0) is 11.3 Å². The third-order valence-electron chi connectivity index (χ3n) is 3.85. The van der Waals surface area contributed by atoms with E-state index in [2.05, 4.69) is 10.2 Å². The molecule has 1 amide bonds. The minimum absolute atomic E-state index is 0.110. The number of methoxy groups -OCH3 is 1. The molecule has 23 heavy (non-hydrogen) atoms. The number of aliphatic carboxylic acids is 1. The fourth-order valence-electron chi connectivity index (χ4n) is 2.68. The van der Waals surface area contributed by atoms with Crippen molar-refractivity contribution in [1.29, 1.82) is 0 Å². The zero-order valence-electron chi connectivity index (χ0n) is 12.5. The Hall–Kier alpha value is -2.96. The zero-order valence-corrected chi connectivity index (χ0v) is 12.5. The number of aromatic nitrogens is 2. The lowest BCUT2D eigenvalue weighted by molar-refractivity contribution is -0.139. The van der Waals surface area contributed by atoms with Crippen molar-refractivity contribution in [2.24, 2.45) is 0 Å². The summed E-state index contributed by atoms with van der Waals surface area (Å²) >= 11 is 0. The number of nitrogens with zero attached hydrogens (tertiary/aromatic N) is 3. The van der Waals surface area contributed by atoms with Crippen LogP contribution in [0.5, 0.6) is 5.88 Å². The number of carbonyl (C=O) groups is 2. The van der Waals surface area contributed by atoms with Gasteiger partial charge >= 0.3 is 5.97 Å². The second kappa shape index (κ2) is 6.04. The Morgan fingerprint density at radius 2 is 2.00 bits per heavy atom. The summed E-state index contributed by atoms with van der Waals surface area (Å²) in [5.74, 6) is -1.72. The SMILES string of the molecule is COc1ccc(C(=O)N2Cc3ccccc3C(C(=O)O)C2)nn1. The molecule has 0 aliphatic carbocycles. The smallest absolute Gasteiger partial charge is 0.312 e. The highest BCUT2D eigenvalue weighted by atomic mass is 16.5. The van der Waals surface area contributed by atoms with Crippen LogP contribution < -0.4 is 4.74 Å². The molecule has 2 heterocycles. The number of ether oxygens (including phenoxy) is 1. The summed E-state index contributed by atoms with van der Waals surface area (Å²) in [7, 11) is 1.46. The quantitative estimate of drug-likeness (QED) is 0.918. The van der Waals surface area contributed by atoms with E-state index in [0.29, 0.717) is 12.4 Å². The number of carboxylic acid groups (broad SMARTS) is 1. The molecular weight excluding hydrogens is 298 g/mol. The standard InChI is InChI=1S/C16H15N3O4/c1-23-14-7-6-13(17-18-14)15(20)19-8-10-4-2-3-5-11(10)12(9-19)16(21)22/h2-7,12H,8-9H2,1H3,(H,21,22). The zero-order chi connectivity index (χ0) is 16.4. The van der Waals surface area contributed by atoms with Crippen LogP contribution in [0.25, 0.3) is 0 Å². The van der Waals surface area contributed by atoms with E-state index in [1.54, 1.807) is 18.2 Å². The van der Waals surface area contributed by atoms with E-state index in [4.69, 9.17) is 4.74 Å². The molecule has 7 heteroatoms. The van der Waals surface area contributed by atoms with Crippen LogP contribution in [0.3, 0.4) is 0 Å². The van der Waals surface area contributed by atoms with Gasteiger partial charge in [-0.2, -0.15) is 0 Å². The van der Waals surface area contributed by atoms with Gasteiger partial charge in [-0.15, -0.1) is 10.2 Å². The molecule has 0 bridgehead atoms. The van der Waals surface area contributed by atoms with Crippen LogP contribution >= 0.6 is 0 Å². The molecule has 7 nitrogen and oxygen atoms in total. The first-order valence-corrected chi connectivity index (χ1v) is 7.07. The topological polar surface area (TPSA) is 92.6 Å². The van der Waals surface area contributed by atoms with Gasteiger partial charge in [-0.3, -0.25) is 9.59 Å². The normalized spacial score (nSPS) is 16.6.